The van der Waals surface area contributed by atoms with Crippen LogP contribution in [-0.4, -0.2) is 30.8 Å². The summed E-state index contributed by atoms with van der Waals surface area (Å²) in [4.78, 5) is 18.6. The van der Waals surface area contributed by atoms with Gasteiger partial charge >= 0.3 is 0 Å². The van der Waals surface area contributed by atoms with Crippen molar-refractivity contribution in [2.24, 2.45) is 0 Å². The lowest BCUT2D eigenvalue weighted by Crippen LogP contribution is -2.23. The molecular formula is C14H11F2N5O2. The van der Waals surface area contributed by atoms with E-state index in [2.05, 4.69) is 20.4 Å². The predicted octanol–water partition coefficient (Wildman–Crippen LogP) is 1.51. The monoisotopic (exact) mass is 319 g/mol. The van der Waals surface area contributed by atoms with Gasteiger partial charge in [-0.25, -0.2) is 18.4 Å². The molecule has 3 N–H and O–H groups in total. The summed E-state index contributed by atoms with van der Waals surface area (Å²) in [6.45, 7) is 0.163. The van der Waals surface area contributed by atoms with Gasteiger partial charge in [-0.05, 0) is 12.1 Å². The van der Waals surface area contributed by atoms with Crippen molar-refractivity contribution in [3.8, 4) is 11.4 Å². The minimum atomic E-state index is -0.864. The standard InChI is InChI=1S/C14H11F2N5O2/c15-8-1-2-11(10(16)3-8)21-6-12(22)13(20-21)14(23)18-5-9-4-17-7-19-9/h1-4,6-7,22H,5H2,(H,17,19)(H,18,23). The molecule has 1 aromatic carbocycles. The van der Waals surface area contributed by atoms with Crippen molar-refractivity contribution in [3.05, 3.63) is 59.9 Å². The third-order valence-corrected chi connectivity index (χ3v) is 3.06. The molecular weight excluding hydrogens is 308 g/mol. The molecule has 23 heavy (non-hydrogen) atoms. The summed E-state index contributed by atoms with van der Waals surface area (Å²) in [7, 11) is 0. The summed E-state index contributed by atoms with van der Waals surface area (Å²) in [5.74, 6) is -2.66. The summed E-state index contributed by atoms with van der Waals surface area (Å²) in [5.41, 5.74) is 0.310. The van der Waals surface area contributed by atoms with Crippen LogP contribution in [0.25, 0.3) is 5.69 Å². The minimum Gasteiger partial charge on any atom is -0.504 e. The number of hydrogen-bond donors (Lipinski definition) is 3. The van der Waals surface area contributed by atoms with Crippen LogP contribution in [0, 0.1) is 11.6 Å². The van der Waals surface area contributed by atoms with Crippen molar-refractivity contribution < 1.29 is 18.7 Å². The van der Waals surface area contributed by atoms with E-state index in [1.165, 1.54) is 12.5 Å². The van der Waals surface area contributed by atoms with Gasteiger partial charge in [0, 0.05) is 12.3 Å². The Morgan fingerprint density at radius 1 is 1.39 bits per heavy atom. The number of imidazole rings is 1. The van der Waals surface area contributed by atoms with Gasteiger partial charge in [0.05, 0.1) is 24.8 Å². The van der Waals surface area contributed by atoms with Gasteiger partial charge in [-0.1, -0.05) is 0 Å². The van der Waals surface area contributed by atoms with E-state index in [0.29, 0.717) is 11.8 Å². The van der Waals surface area contributed by atoms with Gasteiger partial charge in [0.1, 0.15) is 11.5 Å². The van der Waals surface area contributed by atoms with Crippen LogP contribution in [0.3, 0.4) is 0 Å². The molecule has 3 rings (SSSR count). The Labute approximate surface area is 128 Å². The van der Waals surface area contributed by atoms with Gasteiger partial charge in [-0.15, -0.1) is 0 Å². The fourth-order valence-electron chi connectivity index (χ4n) is 1.96. The van der Waals surface area contributed by atoms with Crippen LogP contribution in [0.1, 0.15) is 16.2 Å². The average molecular weight is 319 g/mol. The van der Waals surface area contributed by atoms with E-state index in [0.717, 1.165) is 23.0 Å². The van der Waals surface area contributed by atoms with E-state index < -0.39 is 23.3 Å². The molecule has 0 aliphatic rings. The first-order valence-corrected chi connectivity index (χ1v) is 6.54. The molecule has 2 aromatic heterocycles. The highest BCUT2D eigenvalue weighted by molar-refractivity contribution is 5.94. The molecule has 118 valence electrons. The number of amides is 1. The first-order valence-electron chi connectivity index (χ1n) is 6.54. The van der Waals surface area contributed by atoms with E-state index in [1.807, 2.05) is 0 Å². The fourth-order valence-corrected chi connectivity index (χ4v) is 1.96. The first-order chi connectivity index (χ1) is 11.0. The highest BCUT2D eigenvalue weighted by atomic mass is 19.1. The summed E-state index contributed by atoms with van der Waals surface area (Å²) in [6, 6.07) is 2.89. The zero-order valence-electron chi connectivity index (χ0n) is 11.6. The smallest absolute Gasteiger partial charge is 0.275 e. The van der Waals surface area contributed by atoms with E-state index >= 15 is 0 Å². The van der Waals surface area contributed by atoms with Gasteiger partial charge in [0.25, 0.3) is 5.91 Å². The molecule has 7 nitrogen and oxygen atoms in total. The molecule has 9 heteroatoms. The zero-order valence-corrected chi connectivity index (χ0v) is 11.6. The fraction of sp³-hybridized carbons (Fsp3) is 0.0714. The Kier molecular flexibility index (Phi) is 3.75. The van der Waals surface area contributed by atoms with Crippen LogP contribution in [0.4, 0.5) is 8.78 Å². The molecule has 0 saturated heterocycles. The maximum absolute atomic E-state index is 13.7. The van der Waals surface area contributed by atoms with Crippen molar-refractivity contribution in [2.75, 3.05) is 0 Å². The number of aromatic amines is 1. The average Bonchev–Trinajstić information content (AvgIpc) is 3.14. The van der Waals surface area contributed by atoms with Gasteiger partial charge in [-0.2, -0.15) is 5.10 Å². The molecule has 1 amide bonds. The molecule has 0 atom stereocenters. The van der Waals surface area contributed by atoms with Crippen LogP contribution in [0.15, 0.2) is 36.9 Å². The van der Waals surface area contributed by atoms with Gasteiger partial charge in [-0.3, -0.25) is 4.79 Å². The highest BCUT2D eigenvalue weighted by Crippen LogP contribution is 2.20. The minimum absolute atomic E-state index is 0.0886. The van der Waals surface area contributed by atoms with Crippen LogP contribution in [-0.2, 0) is 6.54 Å². The zero-order chi connectivity index (χ0) is 16.4. The highest BCUT2D eigenvalue weighted by Gasteiger charge is 2.18. The Hall–Kier alpha value is -3.23. The first kappa shape index (κ1) is 14.7. The molecule has 0 saturated carbocycles. The molecule has 0 aliphatic carbocycles. The van der Waals surface area contributed by atoms with E-state index in [1.54, 1.807) is 0 Å². The van der Waals surface area contributed by atoms with Crippen LogP contribution in [0.2, 0.25) is 0 Å². The van der Waals surface area contributed by atoms with Gasteiger partial charge in [0.15, 0.2) is 17.3 Å². The number of benzene rings is 1. The van der Waals surface area contributed by atoms with Crippen LogP contribution >= 0.6 is 0 Å². The second kappa shape index (κ2) is 5.87. The molecule has 3 aromatic rings. The van der Waals surface area contributed by atoms with E-state index in [9.17, 15) is 18.7 Å². The maximum atomic E-state index is 13.7. The summed E-state index contributed by atoms with van der Waals surface area (Å²) < 4.78 is 27.6. The Morgan fingerprint density at radius 2 is 2.22 bits per heavy atom. The summed E-state index contributed by atoms with van der Waals surface area (Å²) >= 11 is 0. The lowest BCUT2D eigenvalue weighted by Gasteiger charge is -2.03. The predicted molar refractivity (Wildman–Crippen MR) is 74.9 cm³/mol. The number of H-pyrrole nitrogens is 1. The number of carbonyl (C=O) groups excluding carboxylic acids is 1. The lowest BCUT2D eigenvalue weighted by molar-refractivity contribution is 0.0942. The lowest BCUT2D eigenvalue weighted by atomic mass is 10.3. The van der Waals surface area contributed by atoms with Crippen molar-refractivity contribution in [1.29, 1.82) is 0 Å². The second-order valence-corrected chi connectivity index (χ2v) is 4.66. The molecule has 0 bridgehead atoms. The van der Waals surface area contributed by atoms with Crippen LogP contribution in [0.5, 0.6) is 5.75 Å². The normalized spacial score (nSPS) is 10.7. The molecule has 0 radical (unpaired) electrons. The van der Waals surface area contributed by atoms with Gasteiger partial charge in [0.2, 0.25) is 0 Å². The Morgan fingerprint density at radius 3 is 2.91 bits per heavy atom. The van der Waals surface area contributed by atoms with Crippen LogP contribution < -0.4 is 5.32 Å². The van der Waals surface area contributed by atoms with Crippen molar-refractivity contribution in [2.45, 2.75) is 6.54 Å². The number of nitrogens with one attached hydrogen (secondary N) is 2. The molecule has 0 spiro atoms. The second-order valence-electron chi connectivity index (χ2n) is 4.66. The summed E-state index contributed by atoms with van der Waals surface area (Å²) in [5, 5.41) is 16.2. The number of nitrogens with zero attached hydrogens (tertiary/aromatic N) is 3. The topological polar surface area (TPSA) is 95.8 Å². The third-order valence-electron chi connectivity index (χ3n) is 3.06. The summed E-state index contributed by atoms with van der Waals surface area (Å²) in [6.07, 6.45) is 4.07. The molecule has 2 heterocycles. The van der Waals surface area contributed by atoms with E-state index in [4.69, 9.17) is 0 Å². The Balaban J connectivity index is 1.81. The maximum Gasteiger partial charge on any atom is 0.275 e. The van der Waals surface area contributed by atoms with Crippen molar-refractivity contribution >= 4 is 5.91 Å². The number of rotatable bonds is 4. The SMILES string of the molecule is O=C(NCc1cnc[nH]1)c1nn(-c2ccc(F)cc2F)cc1O. The van der Waals surface area contributed by atoms with Crippen molar-refractivity contribution in [1.82, 2.24) is 25.1 Å². The molecule has 0 fully saturated rings. The molecule has 0 unspecified atom stereocenters. The quantitative estimate of drug-likeness (QED) is 0.679. The van der Waals surface area contributed by atoms with Crippen molar-refractivity contribution in [3.63, 3.8) is 0 Å². The number of halogens is 2. The third kappa shape index (κ3) is 3.03. The van der Waals surface area contributed by atoms with E-state index in [-0.39, 0.29) is 17.9 Å². The number of aromatic nitrogens is 4. The number of carbonyl (C=O) groups is 1. The number of hydrogen-bond acceptors (Lipinski definition) is 4. The number of aromatic hydroxyl groups is 1. The van der Waals surface area contributed by atoms with Gasteiger partial charge < -0.3 is 15.4 Å². The Bertz CT molecular complexity index is 845. The largest absolute Gasteiger partial charge is 0.504 e. The molecule has 0 aliphatic heterocycles.